The van der Waals surface area contributed by atoms with Gasteiger partial charge in [0.15, 0.2) is 10.9 Å². The molecule has 2 atom stereocenters. The zero-order valence-electron chi connectivity index (χ0n) is 21.2. The van der Waals surface area contributed by atoms with Crippen molar-refractivity contribution in [2.45, 2.75) is 44.2 Å². The largest absolute Gasteiger partial charge is 0.462 e. The molecule has 0 amide bonds. The lowest BCUT2D eigenvalue weighted by Gasteiger charge is -2.25. The topological polar surface area (TPSA) is 101 Å². The number of aromatic nitrogens is 3. The van der Waals surface area contributed by atoms with E-state index >= 15 is 4.39 Å². The Bertz CT molecular complexity index is 1500. The van der Waals surface area contributed by atoms with Crippen LogP contribution in [0.3, 0.4) is 0 Å². The zero-order chi connectivity index (χ0) is 26.4. The summed E-state index contributed by atoms with van der Waals surface area (Å²) in [6.45, 7) is 2.74. The number of aliphatic hydroxyl groups excluding tert-OH is 1. The molecule has 200 valence electrons. The number of ether oxygens (including phenoxy) is 1. The van der Waals surface area contributed by atoms with Crippen LogP contribution in [0.5, 0.6) is 6.01 Å². The van der Waals surface area contributed by atoms with Crippen molar-refractivity contribution in [2.75, 3.05) is 43.9 Å². The maximum atomic E-state index is 16.5. The number of fused-ring (bicyclic) bond motifs is 2. The predicted octanol–water partition coefficient (Wildman–Crippen LogP) is 5.11. The van der Waals surface area contributed by atoms with E-state index in [0.717, 1.165) is 36.9 Å². The fourth-order valence-electron chi connectivity index (χ4n) is 5.53. The first kappa shape index (κ1) is 25.5. The summed E-state index contributed by atoms with van der Waals surface area (Å²) in [6, 6.07) is 7.68. The molecular weight excluding hydrogens is 527 g/mol. The minimum absolute atomic E-state index is 0.140. The van der Waals surface area contributed by atoms with Gasteiger partial charge in [0.2, 0.25) is 0 Å². The summed E-state index contributed by atoms with van der Waals surface area (Å²) in [7, 11) is 2.08. The number of para-hydroxylation sites is 1. The van der Waals surface area contributed by atoms with E-state index in [4.69, 9.17) is 27.1 Å². The monoisotopic (exact) mass is 556 g/mol. The van der Waals surface area contributed by atoms with Gasteiger partial charge in [-0.25, -0.2) is 9.37 Å². The molecule has 2 aliphatic rings. The molecule has 0 spiro atoms. The van der Waals surface area contributed by atoms with Crippen molar-refractivity contribution in [2.24, 2.45) is 0 Å². The molecule has 6 rings (SSSR count). The second-order valence-corrected chi connectivity index (χ2v) is 11.6. The first-order valence-corrected chi connectivity index (χ1v) is 14.2. The number of nitrogen functional groups attached to an aromatic ring is 1. The number of thiazole rings is 1. The number of likely N-dealkylation sites (tertiary alicyclic amines) is 1. The molecular formula is C27H30ClFN6O2S. The third kappa shape index (κ3) is 4.75. The molecule has 2 aromatic heterocycles. The van der Waals surface area contributed by atoms with E-state index in [1.54, 1.807) is 12.1 Å². The quantitative estimate of drug-likeness (QED) is 0.350. The van der Waals surface area contributed by atoms with Crippen LogP contribution in [0.4, 0.5) is 15.3 Å². The van der Waals surface area contributed by atoms with Crippen LogP contribution in [0.1, 0.15) is 32.1 Å². The SMILES string of the molecule is CN1CCC[C@H]1COc1nc(N2CCCC(O)CC2)c2cc(Cl)c(-c3cccc4sc(N)nc34)c(F)c2n1. The second kappa shape index (κ2) is 10.4. The first-order valence-electron chi connectivity index (χ1n) is 13.0. The predicted molar refractivity (Wildman–Crippen MR) is 151 cm³/mol. The first-order chi connectivity index (χ1) is 18.4. The van der Waals surface area contributed by atoms with Crippen molar-refractivity contribution < 1.29 is 14.2 Å². The molecule has 8 nitrogen and oxygen atoms in total. The smallest absolute Gasteiger partial charge is 0.319 e. The lowest BCUT2D eigenvalue weighted by atomic mass is 10.0. The Morgan fingerprint density at radius 3 is 2.79 bits per heavy atom. The molecule has 0 radical (unpaired) electrons. The average molecular weight is 557 g/mol. The van der Waals surface area contributed by atoms with Crippen LogP contribution < -0.4 is 15.4 Å². The Morgan fingerprint density at radius 2 is 1.97 bits per heavy atom. The van der Waals surface area contributed by atoms with Crippen molar-refractivity contribution in [1.82, 2.24) is 19.9 Å². The van der Waals surface area contributed by atoms with Gasteiger partial charge in [-0.15, -0.1) is 0 Å². The minimum Gasteiger partial charge on any atom is -0.462 e. The van der Waals surface area contributed by atoms with Crippen LogP contribution in [0.25, 0.3) is 32.2 Å². The van der Waals surface area contributed by atoms with Gasteiger partial charge in [-0.05, 0) is 57.8 Å². The minimum atomic E-state index is -0.548. The molecule has 4 aromatic rings. The van der Waals surface area contributed by atoms with Crippen molar-refractivity contribution in [3.63, 3.8) is 0 Å². The van der Waals surface area contributed by atoms with Crippen molar-refractivity contribution in [1.29, 1.82) is 0 Å². The lowest BCUT2D eigenvalue weighted by Crippen LogP contribution is -2.31. The van der Waals surface area contributed by atoms with Gasteiger partial charge in [0.05, 0.1) is 21.3 Å². The van der Waals surface area contributed by atoms with Crippen LogP contribution in [0.15, 0.2) is 24.3 Å². The third-order valence-corrected chi connectivity index (χ3v) is 8.77. The number of rotatable bonds is 5. The number of benzene rings is 2. The average Bonchev–Trinajstić information content (AvgIpc) is 3.41. The van der Waals surface area contributed by atoms with Crippen LogP contribution in [0, 0.1) is 5.82 Å². The Hall–Kier alpha value is -2.79. The molecule has 2 saturated heterocycles. The van der Waals surface area contributed by atoms with E-state index in [-0.39, 0.29) is 34.3 Å². The van der Waals surface area contributed by atoms with Gasteiger partial charge in [0.25, 0.3) is 0 Å². The molecule has 1 unspecified atom stereocenters. The fourth-order valence-corrected chi connectivity index (χ4v) is 6.59. The molecule has 4 heterocycles. The van der Waals surface area contributed by atoms with Crippen molar-refractivity contribution in [3.8, 4) is 17.1 Å². The summed E-state index contributed by atoms with van der Waals surface area (Å²) < 4.78 is 23.4. The second-order valence-electron chi connectivity index (χ2n) is 10.1. The van der Waals surface area contributed by atoms with Gasteiger partial charge >= 0.3 is 6.01 Å². The molecule has 3 N–H and O–H groups in total. The number of likely N-dealkylation sites (N-methyl/N-ethyl adjacent to an activating group) is 1. The Kier molecular flexibility index (Phi) is 6.98. The highest BCUT2D eigenvalue weighted by Gasteiger charge is 2.27. The number of hydrogen-bond donors (Lipinski definition) is 2. The van der Waals surface area contributed by atoms with Gasteiger partial charge < -0.3 is 25.4 Å². The van der Waals surface area contributed by atoms with E-state index in [1.807, 2.05) is 12.1 Å². The van der Waals surface area contributed by atoms with E-state index in [0.29, 0.717) is 53.5 Å². The van der Waals surface area contributed by atoms with Crippen LogP contribution in [-0.2, 0) is 0 Å². The van der Waals surface area contributed by atoms with Gasteiger partial charge in [-0.1, -0.05) is 35.1 Å². The molecule has 0 aliphatic carbocycles. The normalized spacial score (nSPS) is 20.9. The summed E-state index contributed by atoms with van der Waals surface area (Å²) in [5, 5.41) is 11.4. The number of nitrogens with zero attached hydrogens (tertiary/aromatic N) is 5. The van der Waals surface area contributed by atoms with Gasteiger partial charge in [0, 0.05) is 35.6 Å². The number of anilines is 2. The molecule has 2 aromatic carbocycles. The summed E-state index contributed by atoms with van der Waals surface area (Å²) in [5.74, 6) is 0.0234. The Balaban J connectivity index is 1.49. The highest BCUT2D eigenvalue weighted by Crippen LogP contribution is 2.42. The van der Waals surface area contributed by atoms with E-state index in [2.05, 4.69) is 26.8 Å². The lowest BCUT2D eigenvalue weighted by molar-refractivity contribution is 0.161. The van der Waals surface area contributed by atoms with E-state index in [1.165, 1.54) is 11.3 Å². The standard InChI is InChI=1S/C27H30ClFN6O2S/c1-34-10-3-5-15(34)14-37-27-32-24-18(25(33-27)35-11-4-6-16(36)9-12-35)13-19(28)21(22(24)29)17-7-2-8-20-23(17)31-26(30)38-20/h2,7-8,13,15-16,36H,3-6,9-12,14H2,1H3,(H2,30,31)/t15-,16?/m0/s1. The van der Waals surface area contributed by atoms with Crippen molar-refractivity contribution in [3.05, 3.63) is 35.1 Å². The van der Waals surface area contributed by atoms with Gasteiger partial charge in [-0.2, -0.15) is 9.97 Å². The van der Waals surface area contributed by atoms with Crippen LogP contribution in [-0.4, -0.2) is 70.4 Å². The number of hydrogen-bond acceptors (Lipinski definition) is 9. The van der Waals surface area contributed by atoms with Gasteiger partial charge in [0.1, 0.15) is 17.9 Å². The number of nitrogens with two attached hydrogens (primary N) is 1. The van der Waals surface area contributed by atoms with E-state index in [9.17, 15) is 5.11 Å². The summed E-state index contributed by atoms with van der Waals surface area (Å²) in [6.07, 6.45) is 3.92. The van der Waals surface area contributed by atoms with E-state index < -0.39 is 5.82 Å². The fraction of sp³-hybridized carbons (Fsp3) is 0.444. The Morgan fingerprint density at radius 1 is 1.13 bits per heavy atom. The highest BCUT2D eigenvalue weighted by atomic mass is 35.5. The number of aliphatic hydroxyl groups is 1. The molecule has 2 fully saturated rings. The molecule has 0 saturated carbocycles. The summed E-state index contributed by atoms with van der Waals surface area (Å²) >= 11 is 8.12. The Labute approximate surface area is 229 Å². The molecule has 11 heteroatoms. The maximum absolute atomic E-state index is 16.5. The maximum Gasteiger partial charge on any atom is 0.319 e. The zero-order valence-corrected chi connectivity index (χ0v) is 22.7. The van der Waals surface area contributed by atoms with Crippen molar-refractivity contribution >= 4 is 55.0 Å². The molecule has 2 aliphatic heterocycles. The summed E-state index contributed by atoms with van der Waals surface area (Å²) in [4.78, 5) is 18.1. The highest BCUT2D eigenvalue weighted by molar-refractivity contribution is 7.22. The van der Waals surface area contributed by atoms with Crippen LogP contribution >= 0.6 is 22.9 Å². The molecule has 0 bridgehead atoms. The third-order valence-electron chi connectivity index (χ3n) is 7.62. The van der Waals surface area contributed by atoms with Crippen LogP contribution in [0.2, 0.25) is 5.02 Å². The molecule has 38 heavy (non-hydrogen) atoms. The van der Waals surface area contributed by atoms with Gasteiger partial charge in [-0.3, -0.25) is 0 Å². The number of halogens is 2. The summed E-state index contributed by atoms with van der Waals surface area (Å²) in [5.41, 5.74) is 7.50.